The topological polar surface area (TPSA) is 49.3 Å². The van der Waals surface area contributed by atoms with Crippen LogP contribution < -0.4 is 5.32 Å². The molecule has 0 aromatic heterocycles. The van der Waals surface area contributed by atoms with E-state index in [0.29, 0.717) is 5.69 Å². The van der Waals surface area contributed by atoms with Crippen LogP contribution in [0.25, 0.3) is 0 Å². The van der Waals surface area contributed by atoms with Gasteiger partial charge in [0.15, 0.2) is 0 Å². The Balaban J connectivity index is 2.64. The fourth-order valence-electron chi connectivity index (χ4n) is 1.07. The van der Waals surface area contributed by atoms with Crippen molar-refractivity contribution in [2.45, 2.75) is 26.4 Å². The average Bonchev–Trinajstić information content (AvgIpc) is 2.19. The average molecular weight is 193 g/mol. The number of amides is 1. The highest BCUT2D eigenvalue weighted by atomic mass is 16.3. The maximum absolute atomic E-state index is 11.1. The molecule has 1 atom stereocenters. The van der Waals surface area contributed by atoms with Gasteiger partial charge in [-0.1, -0.05) is 19.1 Å². The number of carbonyl (C=O) groups excluding carboxylic acids is 1. The summed E-state index contributed by atoms with van der Waals surface area (Å²) in [7, 11) is 0. The molecule has 0 aliphatic heterocycles. The van der Waals surface area contributed by atoms with Gasteiger partial charge >= 0.3 is 0 Å². The van der Waals surface area contributed by atoms with Gasteiger partial charge in [-0.25, -0.2) is 0 Å². The van der Waals surface area contributed by atoms with Crippen LogP contribution >= 0.6 is 0 Å². The summed E-state index contributed by atoms with van der Waals surface area (Å²) >= 11 is 0. The van der Waals surface area contributed by atoms with Crippen molar-refractivity contribution < 1.29 is 9.90 Å². The number of aryl methyl sites for hydroxylation is 1. The van der Waals surface area contributed by atoms with Gasteiger partial charge in [-0.05, 0) is 31.0 Å². The summed E-state index contributed by atoms with van der Waals surface area (Å²) in [5.74, 6) is -0.380. The first kappa shape index (κ1) is 10.7. The van der Waals surface area contributed by atoms with Gasteiger partial charge in [0.2, 0.25) is 0 Å². The third-order valence-corrected chi connectivity index (χ3v) is 2.01. The minimum absolute atomic E-state index is 0.380. The Morgan fingerprint density at radius 3 is 2.43 bits per heavy atom. The van der Waals surface area contributed by atoms with E-state index in [9.17, 15) is 4.79 Å². The van der Waals surface area contributed by atoms with E-state index >= 15 is 0 Å². The molecule has 0 fully saturated rings. The molecule has 1 rings (SSSR count). The van der Waals surface area contributed by atoms with Crippen LogP contribution in [0.15, 0.2) is 24.3 Å². The predicted octanol–water partition coefficient (Wildman–Crippen LogP) is 1.57. The molecule has 1 aromatic carbocycles. The number of hydrogen-bond acceptors (Lipinski definition) is 2. The number of rotatable bonds is 3. The van der Waals surface area contributed by atoms with Crippen LogP contribution in [0, 0.1) is 0 Å². The zero-order valence-corrected chi connectivity index (χ0v) is 8.45. The van der Waals surface area contributed by atoms with Crippen molar-refractivity contribution in [3.05, 3.63) is 29.8 Å². The molecule has 1 aromatic rings. The lowest BCUT2D eigenvalue weighted by atomic mass is 10.1. The van der Waals surface area contributed by atoms with Gasteiger partial charge in [0.25, 0.3) is 5.91 Å². The van der Waals surface area contributed by atoms with E-state index in [4.69, 9.17) is 5.11 Å². The van der Waals surface area contributed by atoms with Gasteiger partial charge in [0, 0.05) is 5.69 Å². The summed E-state index contributed by atoms with van der Waals surface area (Å²) < 4.78 is 0. The molecule has 0 radical (unpaired) electrons. The Bertz CT molecular complexity index is 304. The largest absolute Gasteiger partial charge is 0.384 e. The molecule has 0 saturated heterocycles. The second-order valence-corrected chi connectivity index (χ2v) is 3.22. The highest BCUT2D eigenvalue weighted by Gasteiger charge is 2.07. The molecular formula is C11H15NO2. The van der Waals surface area contributed by atoms with Crippen LogP contribution in [0.4, 0.5) is 5.69 Å². The third-order valence-electron chi connectivity index (χ3n) is 2.01. The van der Waals surface area contributed by atoms with Crippen LogP contribution in [-0.4, -0.2) is 17.1 Å². The Morgan fingerprint density at radius 1 is 1.43 bits per heavy atom. The smallest absolute Gasteiger partial charge is 0.252 e. The van der Waals surface area contributed by atoms with Crippen molar-refractivity contribution in [1.82, 2.24) is 0 Å². The van der Waals surface area contributed by atoms with Crippen LogP contribution in [-0.2, 0) is 11.2 Å². The van der Waals surface area contributed by atoms with Crippen molar-refractivity contribution in [2.24, 2.45) is 0 Å². The number of nitrogens with one attached hydrogen (secondary N) is 1. The van der Waals surface area contributed by atoms with Crippen LogP contribution in [0.5, 0.6) is 0 Å². The fourth-order valence-corrected chi connectivity index (χ4v) is 1.07. The van der Waals surface area contributed by atoms with Gasteiger partial charge in [-0.2, -0.15) is 0 Å². The molecule has 1 unspecified atom stereocenters. The number of benzene rings is 1. The van der Waals surface area contributed by atoms with Crippen LogP contribution in [0.1, 0.15) is 19.4 Å². The highest BCUT2D eigenvalue weighted by Crippen LogP contribution is 2.10. The molecule has 0 heterocycles. The second-order valence-electron chi connectivity index (χ2n) is 3.22. The zero-order valence-electron chi connectivity index (χ0n) is 8.45. The monoisotopic (exact) mass is 193 g/mol. The Kier molecular flexibility index (Phi) is 3.65. The van der Waals surface area contributed by atoms with Crippen LogP contribution in [0.3, 0.4) is 0 Å². The molecule has 3 nitrogen and oxygen atoms in total. The van der Waals surface area contributed by atoms with Crippen molar-refractivity contribution >= 4 is 11.6 Å². The second kappa shape index (κ2) is 4.77. The summed E-state index contributed by atoms with van der Waals surface area (Å²) in [4.78, 5) is 11.1. The van der Waals surface area contributed by atoms with Gasteiger partial charge in [0.1, 0.15) is 6.10 Å². The van der Waals surface area contributed by atoms with E-state index < -0.39 is 6.10 Å². The number of hydrogen-bond donors (Lipinski definition) is 2. The molecule has 0 saturated carbocycles. The van der Waals surface area contributed by atoms with E-state index in [2.05, 4.69) is 12.2 Å². The first-order chi connectivity index (χ1) is 6.63. The summed E-state index contributed by atoms with van der Waals surface area (Å²) in [6, 6.07) is 7.58. The van der Waals surface area contributed by atoms with Crippen molar-refractivity contribution in [1.29, 1.82) is 0 Å². The normalized spacial score (nSPS) is 12.2. The van der Waals surface area contributed by atoms with Crippen molar-refractivity contribution in [3.8, 4) is 0 Å². The van der Waals surface area contributed by atoms with E-state index in [-0.39, 0.29) is 5.91 Å². The van der Waals surface area contributed by atoms with E-state index in [1.807, 2.05) is 24.3 Å². The molecule has 14 heavy (non-hydrogen) atoms. The maximum Gasteiger partial charge on any atom is 0.252 e. The standard InChI is InChI=1S/C11H15NO2/c1-3-9-4-6-10(7-5-9)12-11(14)8(2)13/h4-8,13H,3H2,1-2H3,(H,12,14). The molecule has 3 heteroatoms. The molecule has 0 aliphatic carbocycles. The maximum atomic E-state index is 11.1. The number of anilines is 1. The summed E-state index contributed by atoms with van der Waals surface area (Å²) in [5, 5.41) is 11.6. The molecule has 0 bridgehead atoms. The van der Waals surface area contributed by atoms with E-state index in [1.54, 1.807) is 0 Å². The van der Waals surface area contributed by atoms with Gasteiger partial charge in [-0.3, -0.25) is 4.79 Å². The molecular weight excluding hydrogens is 178 g/mol. The number of aliphatic hydroxyl groups is 1. The molecule has 0 spiro atoms. The predicted molar refractivity (Wildman–Crippen MR) is 56.1 cm³/mol. The summed E-state index contributed by atoms with van der Waals surface area (Å²) in [6.07, 6.45) is 0.00538. The first-order valence-corrected chi connectivity index (χ1v) is 4.71. The highest BCUT2D eigenvalue weighted by molar-refractivity contribution is 5.93. The zero-order chi connectivity index (χ0) is 10.6. The minimum Gasteiger partial charge on any atom is -0.384 e. The Hall–Kier alpha value is -1.35. The molecule has 0 aliphatic rings. The van der Waals surface area contributed by atoms with Crippen LogP contribution in [0.2, 0.25) is 0 Å². The van der Waals surface area contributed by atoms with Crippen molar-refractivity contribution in [2.75, 3.05) is 5.32 Å². The summed E-state index contributed by atoms with van der Waals surface area (Å²) in [6.45, 7) is 3.51. The quantitative estimate of drug-likeness (QED) is 0.765. The lowest BCUT2D eigenvalue weighted by molar-refractivity contribution is -0.123. The lowest BCUT2D eigenvalue weighted by Gasteiger charge is -2.07. The van der Waals surface area contributed by atoms with Crippen molar-refractivity contribution in [3.63, 3.8) is 0 Å². The summed E-state index contributed by atoms with van der Waals surface area (Å²) in [5.41, 5.74) is 1.94. The minimum atomic E-state index is -0.971. The third kappa shape index (κ3) is 2.85. The number of aliphatic hydroxyl groups excluding tert-OH is 1. The Morgan fingerprint density at radius 2 is 2.00 bits per heavy atom. The molecule has 2 N–H and O–H groups in total. The SMILES string of the molecule is CCc1ccc(NC(=O)C(C)O)cc1. The molecule has 76 valence electrons. The molecule has 1 amide bonds. The van der Waals surface area contributed by atoms with Gasteiger partial charge < -0.3 is 10.4 Å². The van der Waals surface area contributed by atoms with E-state index in [0.717, 1.165) is 6.42 Å². The Labute approximate surface area is 83.8 Å². The van der Waals surface area contributed by atoms with Gasteiger partial charge in [0.05, 0.1) is 0 Å². The van der Waals surface area contributed by atoms with Gasteiger partial charge in [-0.15, -0.1) is 0 Å². The first-order valence-electron chi connectivity index (χ1n) is 4.71. The lowest BCUT2D eigenvalue weighted by Crippen LogP contribution is -2.24. The number of carbonyl (C=O) groups is 1. The van der Waals surface area contributed by atoms with E-state index in [1.165, 1.54) is 12.5 Å². The fraction of sp³-hybridized carbons (Fsp3) is 0.364.